The van der Waals surface area contributed by atoms with Crippen LogP contribution in [0.15, 0.2) is 55.0 Å². The summed E-state index contributed by atoms with van der Waals surface area (Å²) in [7, 11) is 1.62. The van der Waals surface area contributed by atoms with E-state index in [9.17, 15) is 0 Å². The minimum Gasteiger partial charge on any atom is -0.495 e. The number of hydrogen-bond acceptors (Lipinski definition) is 7. The van der Waals surface area contributed by atoms with Crippen LogP contribution in [0.4, 0.5) is 5.82 Å². The van der Waals surface area contributed by atoms with Crippen LogP contribution in [-0.4, -0.2) is 33.5 Å². The topological polar surface area (TPSA) is 82.8 Å². The van der Waals surface area contributed by atoms with Gasteiger partial charge in [-0.2, -0.15) is 0 Å². The molecule has 4 heterocycles. The lowest BCUT2D eigenvalue weighted by molar-refractivity contribution is 0.174. The zero-order valence-corrected chi connectivity index (χ0v) is 15.1. The Morgan fingerprint density at radius 3 is 2.93 bits per heavy atom. The van der Waals surface area contributed by atoms with Crippen LogP contribution in [0.2, 0.25) is 0 Å². The maximum atomic E-state index is 5.43. The molecule has 0 unspecified atom stereocenters. The predicted molar refractivity (Wildman–Crippen MR) is 103 cm³/mol. The molecule has 8 heteroatoms. The summed E-state index contributed by atoms with van der Waals surface area (Å²) in [6.07, 6.45) is 5.21. The first-order valence-electron chi connectivity index (χ1n) is 8.77. The molecule has 0 spiro atoms. The molecule has 5 rings (SSSR count). The lowest BCUT2D eigenvalue weighted by Gasteiger charge is -2.08. The first-order chi connectivity index (χ1) is 13.8. The van der Waals surface area contributed by atoms with Gasteiger partial charge in [0.25, 0.3) is 0 Å². The number of hydrogen-bond donors (Lipinski definition) is 1. The van der Waals surface area contributed by atoms with Gasteiger partial charge in [0.1, 0.15) is 11.6 Å². The van der Waals surface area contributed by atoms with Crippen LogP contribution in [0.25, 0.3) is 16.9 Å². The third kappa shape index (κ3) is 2.94. The Bertz CT molecular complexity index is 1160. The molecule has 0 saturated carbocycles. The third-order valence-electron chi connectivity index (χ3n) is 4.52. The minimum atomic E-state index is 0.271. The van der Waals surface area contributed by atoms with E-state index in [1.165, 1.54) is 0 Å². The molecule has 1 aliphatic rings. The predicted octanol–water partition coefficient (Wildman–Crippen LogP) is 3.14. The van der Waals surface area contributed by atoms with E-state index >= 15 is 0 Å². The fraction of sp³-hybridized carbons (Fsp3) is 0.150. The highest BCUT2D eigenvalue weighted by atomic mass is 16.7. The highest BCUT2D eigenvalue weighted by Gasteiger charge is 2.13. The van der Waals surface area contributed by atoms with Crippen molar-refractivity contribution in [2.75, 3.05) is 19.2 Å². The normalized spacial score (nSPS) is 12.3. The van der Waals surface area contributed by atoms with Crippen LogP contribution in [0.3, 0.4) is 0 Å². The number of pyridine rings is 1. The molecule has 0 bridgehead atoms. The SMILES string of the molecule is COc1cncc(-c2cnc3ccc(NCc4ccc5c(c4)OCO5)nn23)c1. The number of fused-ring (bicyclic) bond motifs is 2. The number of nitrogens with one attached hydrogen (secondary N) is 1. The summed E-state index contributed by atoms with van der Waals surface area (Å²) in [5, 5.41) is 8.01. The van der Waals surface area contributed by atoms with Gasteiger partial charge in [0, 0.05) is 18.3 Å². The first kappa shape index (κ1) is 16.4. The number of methoxy groups -OCH3 is 1. The van der Waals surface area contributed by atoms with E-state index < -0.39 is 0 Å². The second-order valence-electron chi connectivity index (χ2n) is 6.29. The van der Waals surface area contributed by atoms with Crippen molar-refractivity contribution in [1.82, 2.24) is 19.6 Å². The lowest BCUT2D eigenvalue weighted by Crippen LogP contribution is -2.04. The maximum absolute atomic E-state index is 5.43. The van der Waals surface area contributed by atoms with Gasteiger partial charge in [-0.25, -0.2) is 9.50 Å². The largest absolute Gasteiger partial charge is 0.495 e. The Balaban J connectivity index is 1.41. The molecule has 0 radical (unpaired) electrons. The summed E-state index contributed by atoms with van der Waals surface area (Å²) >= 11 is 0. The molecule has 1 aliphatic heterocycles. The van der Waals surface area contributed by atoms with Crippen molar-refractivity contribution in [2.24, 2.45) is 0 Å². The van der Waals surface area contributed by atoms with Crippen LogP contribution in [-0.2, 0) is 6.54 Å². The van der Waals surface area contributed by atoms with Crippen molar-refractivity contribution in [2.45, 2.75) is 6.54 Å². The van der Waals surface area contributed by atoms with Gasteiger partial charge in [-0.15, -0.1) is 5.10 Å². The molecular weight excluding hydrogens is 358 g/mol. The minimum absolute atomic E-state index is 0.271. The Kier molecular flexibility index (Phi) is 3.93. The van der Waals surface area contributed by atoms with Crippen LogP contribution >= 0.6 is 0 Å². The van der Waals surface area contributed by atoms with Gasteiger partial charge < -0.3 is 19.5 Å². The second kappa shape index (κ2) is 6.73. The maximum Gasteiger partial charge on any atom is 0.231 e. The molecule has 1 aromatic carbocycles. The van der Waals surface area contributed by atoms with Gasteiger partial charge in [-0.3, -0.25) is 4.98 Å². The molecule has 140 valence electrons. The number of ether oxygens (including phenoxy) is 3. The summed E-state index contributed by atoms with van der Waals surface area (Å²) in [6, 6.07) is 11.6. The molecule has 0 amide bonds. The number of nitrogens with zero attached hydrogens (tertiary/aromatic N) is 4. The Morgan fingerprint density at radius 1 is 1.07 bits per heavy atom. The van der Waals surface area contributed by atoms with Crippen molar-refractivity contribution in [1.29, 1.82) is 0 Å². The number of rotatable bonds is 5. The summed E-state index contributed by atoms with van der Waals surface area (Å²) in [5.41, 5.74) is 3.56. The highest BCUT2D eigenvalue weighted by Crippen LogP contribution is 2.32. The van der Waals surface area contributed by atoms with E-state index in [1.807, 2.05) is 36.4 Å². The zero-order chi connectivity index (χ0) is 18.9. The van der Waals surface area contributed by atoms with Crippen LogP contribution in [0.1, 0.15) is 5.56 Å². The molecule has 3 aromatic heterocycles. The molecule has 0 saturated heterocycles. The average Bonchev–Trinajstić information content (AvgIpc) is 3.38. The molecule has 28 heavy (non-hydrogen) atoms. The van der Waals surface area contributed by atoms with Gasteiger partial charge in [0.05, 0.1) is 25.2 Å². The molecular formula is C20H17N5O3. The fourth-order valence-corrected chi connectivity index (χ4v) is 3.08. The molecule has 8 nitrogen and oxygen atoms in total. The third-order valence-corrected chi connectivity index (χ3v) is 4.52. The second-order valence-corrected chi connectivity index (χ2v) is 6.29. The van der Waals surface area contributed by atoms with Crippen molar-refractivity contribution >= 4 is 11.5 Å². The molecule has 0 fully saturated rings. The number of imidazole rings is 1. The summed E-state index contributed by atoms with van der Waals surface area (Å²) in [5.74, 6) is 2.97. The molecule has 4 aromatic rings. The van der Waals surface area contributed by atoms with Crippen molar-refractivity contribution in [3.63, 3.8) is 0 Å². The first-order valence-corrected chi connectivity index (χ1v) is 8.77. The number of aromatic nitrogens is 4. The summed E-state index contributed by atoms with van der Waals surface area (Å²) < 4.78 is 17.8. The van der Waals surface area contributed by atoms with Gasteiger partial charge >= 0.3 is 0 Å². The zero-order valence-electron chi connectivity index (χ0n) is 15.1. The summed E-state index contributed by atoms with van der Waals surface area (Å²) in [4.78, 5) is 8.64. The summed E-state index contributed by atoms with van der Waals surface area (Å²) in [6.45, 7) is 0.882. The monoisotopic (exact) mass is 375 g/mol. The van der Waals surface area contributed by atoms with Gasteiger partial charge in [0.15, 0.2) is 17.1 Å². The molecule has 0 aliphatic carbocycles. The van der Waals surface area contributed by atoms with Gasteiger partial charge in [0.2, 0.25) is 6.79 Å². The van der Waals surface area contributed by atoms with Crippen molar-refractivity contribution in [3.8, 4) is 28.5 Å². The highest BCUT2D eigenvalue weighted by molar-refractivity contribution is 5.64. The van der Waals surface area contributed by atoms with Gasteiger partial charge in [-0.1, -0.05) is 6.07 Å². The van der Waals surface area contributed by atoms with Crippen LogP contribution < -0.4 is 19.5 Å². The smallest absolute Gasteiger partial charge is 0.231 e. The lowest BCUT2D eigenvalue weighted by atomic mass is 10.2. The van der Waals surface area contributed by atoms with E-state index in [2.05, 4.69) is 20.4 Å². The standard InChI is InChI=1S/C20H17N5O3/c1-26-15-7-14(9-21-10-15)16-11-23-20-5-4-19(24-25(16)20)22-8-13-2-3-17-18(6-13)28-12-27-17/h2-7,9-11H,8,12H2,1H3,(H,22,24). The Morgan fingerprint density at radius 2 is 2.00 bits per heavy atom. The average molecular weight is 375 g/mol. The fourth-order valence-electron chi connectivity index (χ4n) is 3.08. The van der Waals surface area contributed by atoms with Gasteiger partial charge in [-0.05, 0) is 35.9 Å². The number of anilines is 1. The Hall–Kier alpha value is -3.81. The molecule has 0 atom stereocenters. The Labute approximate surface area is 160 Å². The van der Waals surface area contributed by atoms with E-state index in [0.29, 0.717) is 12.3 Å². The van der Waals surface area contributed by atoms with E-state index in [0.717, 1.165) is 39.8 Å². The van der Waals surface area contributed by atoms with Crippen molar-refractivity contribution in [3.05, 3.63) is 60.6 Å². The van der Waals surface area contributed by atoms with E-state index in [4.69, 9.17) is 14.2 Å². The van der Waals surface area contributed by atoms with Crippen LogP contribution in [0, 0.1) is 0 Å². The van der Waals surface area contributed by atoms with Crippen LogP contribution in [0.5, 0.6) is 17.2 Å². The van der Waals surface area contributed by atoms with E-state index in [-0.39, 0.29) is 6.79 Å². The number of benzene rings is 1. The quantitative estimate of drug-likeness (QED) is 0.574. The molecule has 1 N–H and O–H groups in total. The van der Waals surface area contributed by atoms with E-state index in [1.54, 1.807) is 30.2 Å². The van der Waals surface area contributed by atoms with Crippen molar-refractivity contribution < 1.29 is 14.2 Å².